The first-order chi connectivity index (χ1) is 22.3. The largest absolute Gasteiger partial charge is 0.497 e. The lowest BCUT2D eigenvalue weighted by atomic mass is 10.0. The lowest BCUT2D eigenvalue weighted by Crippen LogP contribution is -2.56. The molecule has 4 aromatic rings. The number of nitrogens with zero attached hydrogens (tertiary/aromatic N) is 2. The lowest BCUT2D eigenvalue weighted by molar-refractivity contribution is -0.140. The first-order valence-electron chi connectivity index (χ1n) is 15.4. The fourth-order valence-corrected chi connectivity index (χ4v) is 5.89. The van der Waals surface area contributed by atoms with Crippen molar-refractivity contribution in [2.45, 2.75) is 51.9 Å². The van der Waals surface area contributed by atoms with Gasteiger partial charge in [-0.25, -0.2) is 8.42 Å². The van der Waals surface area contributed by atoms with Gasteiger partial charge in [0.15, 0.2) is 0 Å². The van der Waals surface area contributed by atoms with E-state index in [-0.39, 0.29) is 18.9 Å². The first-order valence-corrected chi connectivity index (χ1v) is 17.2. The molecule has 0 heterocycles. The zero-order valence-corrected chi connectivity index (χ0v) is 28.4. The van der Waals surface area contributed by atoms with Crippen LogP contribution in [0, 0.1) is 0 Å². The third-order valence-electron chi connectivity index (χ3n) is 7.31. The summed E-state index contributed by atoms with van der Waals surface area (Å²) in [6.07, 6.45) is 1.28. The van der Waals surface area contributed by atoms with Crippen LogP contribution >= 0.6 is 0 Å². The summed E-state index contributed by atoms with van der Waals surface area (Å²) in [5.74, 6) is 0.274. The molecule has 0 aromatic heterocycles. The minimum Gasteiger partial charge on any atom is -0.497 e. The van der Waals surface area contributed by atoms with Crippen LogP contribution < -0.4 is 19.1 Å². The molecule has 4 aromatic carbocycles. The smallest absolute Gasteiger partial charge is 0.244 e. The Morgan fingerprint density at radius 3 is 1.96 bits per heavy atom. The van der Waals surface area contributed by atoms with Crippen molar-refractivity contribution in [3.63, 3.8) is 0 Å². The van der Waals surface area contributed by atoms with Gasteiger partial charge in [0.2, 0.25) is 21.8 Å². The van der Waals surface area contributed by atoms with Crippen molar-refractivity contribution >= 4 is 27.5 Å². The molecule has 1 atom stereocenters. The van der Waals surface area contributed by atoms with Crippen molar-refractivity contribution < 1.29 is 27.5 Å². The molecule has 0 saturated carbocycles. The van der Waals surface area contributed by atoms with E-state index in [4.69, 9.17) is 9.47 Å². The van der Waals surface area contributed by atoms with Gasteiger partial charge in [-0.2, -0.15) is 0 Å². The van der Waals surface area contributed by atoms with E-state index in [1.54, 1.807) is 43.5 Å². The van der Waals surface area contributed by atoms with E-state index in [1.807, 2.05) is 93.6 Å². The van der Waals surface area contributed by atoms with E-state index in [0.29, 0.717) is 23.8 Å². The zero-order valence-electron chi connectivity index (χ0n) is 27.6. The molecule has 1 unspecified atom stereocenters. The zero-order chi connectivity index (χ0) is 34.0. The molecule has 10 heteroatoms. The highest BCUT2D eigenvalue weighted by Crippen LogP contribution is 2.24. The molecule has 0 saturated heterocycles. The standard InChI is InChI=1S/C37H43N3O6S/c1-37(2,3)38-36(42)34(24-28-13-8-6-9-14-28)39(25-30-17-12-18-33(23-30)45-4)35(41)26-40(47(5,43)44)31-19-21-32(22-20-31)46-27-29-15-10-7-11-16-29/h6-23,34H,24-27H2,1-5H3,(H,38,42). The predicted molar refractivity (Wildman–Crippen MR) is 185 cm³/mol. The lowest BCUT2D eigenvalue weighted by Gasteiger charge is -2.35. The van der Waals surface area contributed by atoms with Crippen molar-refractivity contribution in [2.24, 2.45) is 0 Å². The maximum absolute atomic E-state index is 14.3. The number of carbonyl (C=O) groups is 2. The summed E-state index contributed by atoms with van der Waals surface area (Å²) >= 11 is 0. The topological polar surface area (TPSA) is 105 Å². The summed E-state index contributed by atoms with van der Waals surface area (Å²) in [6, 6.07) is 32.0. The molecule has 47 heavy (non-hydrogen) atoms. The molecular weight excluding hydrogens is 614 g/mol. The van der Waals surface area contributed by atoms with Gasteiger partial charge in [0, 0.05) is 18.5 Å². The van der Waals surface area contributed by atoms with E-state index < -0.39 is 34.1 Å². The van der Waals surface area contributed by atoms with Crippen molar-refractivity contribution in [3.05, 3.63) is 126 Å². The number of anilines is 1. The van der Waals surface area contributed by atoms with E-state index in [2.05, 4.69) is 5.32 Å². The molecule has 2 amide bonds. The van der Waals surface area contributed by atoms with Gasteiger partial charge in [-0.15, -0.1) is 0 Å². The van der Waals surface area contributed by atoms with Gasteiger partial charge < -0.3 is 19.7 Å². The predicted octanol–water partition coefficient (Wildman–Crippen LogP) is 5.60. The highest BCUT2D eigenvalue weighted by atomic mass is 32.2. The molecule has 0 aliphatic carbocycles. The maximum atomic E-state index is 14.3. The number of carbonyl (C=O) groups excluding carboxylic acids is 2. The highest BCUT2D eigenvalue weighted by Gasteiger charge is 2.34. The SMILES string of the molecule is COc1cccc(CN(C(=O)CN(c2ccc(OCc3ccccc3)cc2)S(C)(=O)=O)C(Cc2ccccc2)C(=O)NC(C)(C)C)c1. The number of nitrogens with one attached hydrogen (secondary N) is 1. The molecule has 0 fully saturated rings. The van der Waals surface area contributed by atoms with Crippen LogP contribution in [0.15, 0.2) is 109 Å². The summed E-state index contributed by atoms with van der Waals surface area (Å²) in [5.41, 5.74) is 2.31. The van der Waals surface area contributed by atoms with E-state index >= 15 is 0 Å². The normalized spacial score (nSPS) is 12.1. The Hall–Kier alpha value is -4.83. The van der Waals surface area contributed by atoms with E-state index in [1.165, 1.54) is 4.90 Å². The summed E-state index contributed by atoms with van der Waals surface area (Å²) in [6.45, 7) is 5.51. The highest BCUT2D eigenvalue weighted by molar-refractivity contribution is 7.92. The van der Waals surface area contributed by atoms with Gasteiger partial charge in [0.25, 0.3) is 0 Å². The van der Waals surface area contributed by atoms with Crippen LogP contribution in [0.3, 0.4) is 0 Å². The third-order valence-corrected chi connectivity index (χ3v) is 8.45. The number of sulfonamides is 1. The Balaban J connectivity index is 1.67. The van der Waals surface area contributed by atoms with E-state index in [9.17, 15) is 18.0 Å². The molecule has 248 valence electrons. The number of ether oxygens (including phenoxy) is 2. The van der Waals surface area contributed by atoms with Gasteiger partial charge in [-0.05, 0) is 73.9 Å². The minimum absolute atomic E-state index is 0.0506. The number of methoxy groups -OCH3 is 1. The second kappa shape index (κ2) is 15.6. The average molecular weight is 658 g/mol. The molecule has 9 nitrogen and oxygen atoms in total. The first kappa shape index (κ1) is 35.0. The second-order valence-corrected chi connectivity index (χ2v) is 14.3. The fraction of sp³-hybridized carbons (Fsp3) is 0.297. The molecular formula is C37H43N3O6S. The molecule has 0 radical (unpaired) electrons. The van der Waals surface area contributed by atoms with Crippen molar-refractivity contribution in [1.82, 2.24) is 10.2 Å². The average Bonchev–Trinajstić information content (AvgIpc) is 3.04. The summed E-state index contributed by atoms with van der Waals surface area (Å²) < 4.78 is 38.6. The van der Waals surface area contributed by atoms with E-state index in [0.717, 1.165) is 27.3 Å². The van der Waals surface area contributed by atoms with Crippen LogP contribution in [-0.2, 0) is 39.2 Å². The Morgan fingerprint density at radius 2 is 1.38 bits per heavy atom. The number of hydrogen-bond donors (Lipinski definition) is 1. The second-order valence-electron chi connectivity index (χ2n) is 12.4. The van der Waals surface area contributed by atoms with Gasteiger partial charge in [0.1, 0.15) is 30.7 Å². The van der Waals surface area contributed by atoms with Gasteiger partial charge in [-0.1, -0.05) is 72.8 Å². The van der Waals surface area contributed by atoms with Crippen LogP contribution in [0.25, 0.3) is 0 Å². The van der Waals surface area contributed by atoms with Crippen molar-refractivity contribution in [1.29, 1.82) is 0 Å². The molecule has 0 bridgehead atoms. The maximum Gasteiger partial charge on any atom is 0.244 e. The number of amides is 2. The molecule has 0 aliphatic heterocycles. The van der Waals surface area contributed by atoms with Crippen LogP contribution in [0.1, 0.15) is 37.5 Å². The van der Waals surface area contributed by atoms with Gasteiger partial charge in [-0.3, -0.25) is 13.9 Å². The molecule has 1 N–H and O–H groups in total. The van der Waals surface area contributed by atoms with Crippen molar-refractivity contribution in [2.75, 3.05) is 24.2 Å². The Labute approximate surface area is 278 Å². The Kier molecular flexibility index (Phi) is 11.7. The molecule has 4 rings (SSSR count). The third kappa shape index (κ3) is 10.6. The van der Waals surface area contributed by atoms with Crippen LogP contribution in [0.4, 0.5) is 5.69 Å². The van der Waals surface area contributed by atoms with Gasteiger partial charge >= 0.3 is 0 Å². The minimum atomic E-state index is -3.91. The molecule has 0 aliphatic rings. The number of rotatable bonds is 14. The van der Waals surface area contributed by atoms with Gasteiger partial charge in [0.05, 0.1) is 19.1 Å². The number of benzene rings is 4. The fourth-order valence-electron chi connectivity index (χ4n) is 5.04. The monoisotopic (exact) mass is 657 g/mol. The summed E-state index contributed by atoms with van der Waals surface area (Å²) in [5, 5.41) is 3.03. The summed E-state index contributed by atoms with van der Waals surface area (Å²) in [7, 11) is -2.35. The van der Waals surface area contributed by atoms with Crippen molar-refractivity contribution in [3.8, 4) is 11.5 Å². The molecule has 0 spiro atoms. The van der Waals surface area contributed by atoms with Crippen LogP contribution in [0.5, 0.6) is 11.5 Å². The Bertz CT molecular complexity index is 1720. The summed E-state index contributed by atoms with van der Waals surface area (Å²) in [4.78, 5) is 29.7. The number of hydrogen-bond acceptors (Lipinski definition) is 6. The quantitative estimate of drug-likeness (QED) is 0.190. The Morgan fingerprint density at radius 1 is 0.787 bits per heavy atom. The van der Waals surface area contributed by atoms with Crippen LogP contribution in [0.2, 0.25) is 0 Å². The van der Waals surface area contributed by atoms with Crippen LogP contribution in [-0.4, -0.2) is 56.6 Å².